The highest BCUT2D eigenvalue weighted by Crippen LogP contribution is 2.41. The lowest BCUT2D eigenvalue weighted by atomic mass is 10.1. The minimum atomic E-state index is 0.591. The SMILES string of the molecule is CCCCCCOc1c(OC)cc(OCCCCl)c2ccccc12. The molecule has 0 spiro atoms. The van der Waals surface area contributed by atoms with Gasteiger partial charge in [-0.1, -0.05) is 50.5 Å². The summed E-state index contributed by atoms with van der Waals surface area (Å²) in [4.78, 5) is 0. The van der Waals surface area contributed by atoms with Crippen LogP contribution in [-0.2, 0) is 0 Å². The van der Waals surface area contributed by atoms with Crippen LogP contribution in [0.5, 0.6) is 17.2 Å². The van der Waals surface area contributed by atoms with E-state index in [2.05, 4.69) is 13.0 Å². The summed E-state index contributed by atoms with van der Waals surface area (Å²) in [7, 11) is 1.66. The molecule has 0 aliphatic carbocycles. The number of hydrogen-bond donors (Lipinski definition) is 0. The Labute approximate surface area is 149 Å². The Morgan fingerprint density at radius 3 is 2.33 bits per heavy atom. The molecule has 3 nitrogen and oxygen atoms in total. The molecule has 0 radical (unpaired) electrons. The fraction of sp³-hybridized carbons (Fsp3) is 0.500. The summed E-state index contributed by atoms with van der Waals surface area (Å²) in [5.41, 5.74) is 0. The smallest absolute Gasteiger partial charge is 0.169 e. The molecule has 0 bridgehead atoms. The maximum absolute atomic E-state index is 6.07. The molecule has 2 aromatic carbocycles. The van der Waals surface area contributed by atoms with E-state index in [-0.39, 0.29) is 0 Å². The van der Waals surface area contributed by atoms with Crippen LogP contribution in [0, 0.1) is 0 Å². The number of fused-ring (bicyclic) bond motifs is 1. The minimum absolute atomic E-state index is 0.591. The van der Waals surface area contributed by atoms with Crippen molar-refractivity contribution in [2.75, 3.05) is 26.2 Å². The van der Waals surface area contributed by atoms with Gasteiger partial charge in [-0.25, -0.2) is 0 Å². The molecule has 0 saturated carbocycles. The third-order valence-electron chi connectivity index (χ3n) is 3.92. The number of alkyl halides is 1. The zero-order valence-corrected chi connectivity index (χ0v) is 15.4. The first kappa shape index (κ1) is 18.7. The molecule has 0 fully saturated rings. The monoisotopic (exact) mass is 350 g/mol. The fourth-order valence-electron chi connectivity index (χ4n) is 2.65. The quantitative estimate of drug-likeness (QED) is 0.377. The average Bonchev–Trinajstić information content (AvgIpc) is 2.62. The zero-order valence-electron chi connectivity index (χ0n) is 14.6. The highest BCUT2D eigenvalue weighted by molar-refractivity contribution is 6.17. The summed E-state index contributed by atoms with van der Waals surface area (Å²) in [5.74, 6) is 2.92. The van der Waals surface area contributed by atoms with Crippen LogP contribution < -0.4 is 14.2 Å². The van der Waals surface area contributed by atoms with E-state index in [4.69, 9.17) is 25.8 Å². The largest absolute Gasteiger partial charge is 0.493 e. The van der Waals surface area contributed by atoms with Gasteiger partial charge in [0.05, 0.1) is 20.3 Å². The zero-order chi connectivity index (χ0) is 17.2. The van der Waals surface area contributed by atoms with Gasteiger partial charge in [0.2, 0.25) is 0 Å². The van der Waals surface area contributed by atoms with E-state index in [1.807, 2.05) is 24.3 Å². The number of rotatable bonds is 11. The van der Waals surface area contributed by atoms with Gasteiger partial charge in [-0.3, -0.25) is 0 Å². The van der Waals surface area contributed by atoms with Gasteiger partial charge < -0.3 is 14.2 Å². The molecule has 0 aliphatic heterocycles. The van der Waals surface area contributed by atoms with Gasteiger partial charge >= 0.3 is 0 Å². The maximum Gasteiger partial charge on any atom is 0.169 e. The predicted molar refractivity (Wildman–Crippen MR) is 101 cm³/mol. The lowest BCUT2D eigenvalue weighted by molar-refractivity contribution is 0.285. The van der Waals surface area contributed by atoms with E-state index < -0.39 is 0 Å². The van der Waals surface area contributed by atoms with Gasteiger partial charge in [0, 0.05) is 22.7 Å². The molecule has 4 heteroatoms. The minimum Gasteiger partial charge on any atom is -0.493 e. The molecule has 0 aromatic heterocycles. The van der Waals surface area contributed by atoms with Crippen molar-refractivity contribution in [3.05, 3.63) is 30.3 Å². The van der Waals surface area contributed by atoms with Crippen LogP contribution in [0.15, 0.2) is 30.3 Å². The van der Waals surface area contributed by atoms with Crippen molar-refractivity contribution < 1.29 is 14.2 Å². The van der Waals surface area contributed by atoms with Crippen LogP contribution in [0.25, 0.3) is 10.8 Å². The van der Waals surface area contributed by atoms with Crippen LogP contribution in [-0.4, -0.2) is 26.2 Å². The van der Waals surface area contributed by atoms with Gasteiger partial charge in [-0.15, -0.1) is 11.6 Å². The lowest BCUT2D eigenvalue weighted by Crippen LogP contribution is -2.03. The van der Waals surface area contributed by atoms with Crippen LogP contribution in [0.3, 0.4) is 0 Å². The predicted octanol–water partition coefficient (Wildman–Crippen LogP) is 5.82. The van der Waals surface area contributed by atoms with Gasteiger partial charge in [-0.05, 0) is 12.8 Å². The van der Waals surface area contributed by atoms with Crippen molar-refractivity contribution in [2.45, 2.75) is 39.0 Å². The molecular weight excluding hydrogens is 324 g/mol. The standard InChI is InChI=1S/C20H27ClO3/c1-3-4-5-8-13-24-20-17-11-7-6-10-16(17)18(15-19(20)22-2)23-14-9-12-21/h6-7,10-11,15H,3-5,8-9,12-14H2,1-2H3. The van der Waals surface area contributed by atoms with Gasteiger partial charge in [0.25, 0.3) is 0 Å². The Balaban J connectivity index is 2.24. The van der Waals surface area contributed by atoms with Crippen molar-refractivity contribution in [2.24, 2.45) is 0 Å². The molecule has 0 amide bonds. The van der Waals surface area contributed by atoms with Crippen LogP contribution in [0.2, 0.25) is 0 Å². The molecule has 0 heterocycles. The molecule has 0 N–H and O–H groups in total. The normalized spacial score (nSPS) is 10.8. The van der Waals surface area contributed by atoms with Crippen LogP contribution in [0.4, 0.5) is 0 Å². The van der Waals surface area contributed by atoms with E-state index in [1.54, 1.807) is 7.11 Å². The Bertz CT molecular complexity index is 628. The molecule has 2 rings (SSSR count). The molecular formula is C20H27ClO3. The molecule has 0 atom stereocenters. The number of methoxy groups -OCH3 is 1. The molecule has 2 aromatic rings. The summed E-state index contributed by atoms with van der Waals surface area (Å²) in [5, 5.41) is 2.06. The molecule has 0 unspecified atom stereocenters. The summed E-state index contributed by atoms with van der Waals surface area (Å²) < 4.78 is 17.5. The Morgan fingerprint density at radius 1 is 0.875 bits per heavy atom. The molecule has 24 heavy (non-hydrogen) atoms. The fourth-order valence-corrected chi connectivity index (χ4v) is 2.76. The molecule has 0 saturated heterocycles. The van der Waals surface area contributed by atoms with Gasteiger partial charge in [0.15, 0.2) is 11.5 Å². The van der Waals surface area contributed by atoms with Crippen LogP contribution in [0.1, 0.15) is 39.0 Å². The number of ether oxygens (including phenoxy) is 3. The second-order valence-corrected chi connectivity index (χ2v) is 6.13. The van der Waals surface area contributed by atoms with E-state index >= 15 is 0 Å². The van der Waals surface area contributed by atoms with Gasteiger partial charge in [0.1, 0.15) is 5.75 Å². The second-order valence-electron chi connectivity index (χ2n) is 5.75. The summed E-state index contributed by atoms with van der Waals surface area (Å²) >= 11 is 5.74. The first-order valence-corrected chi connectivity index (χ1v) is 9.26. The number of hydrogen-bond acceptors (Lipinski definition) is 3. The third kappa shape index (κ3) is 4.94. The summed E-state index contributed by atoms with van der Waals surface area (Å²) in [6.45, 7) is 3.50. The number of halogens is 1. The molecule has 132 valence electrons. The number of unbranched alkanes of at least 4 members (excludes halogenated alkanes) is 3. The Morgan fingerprint density at radius 2 is 1.62 bits per heavy atom. The van der Waals surface area contributed by atoms with Crippen molar-refractivity contribution >= 4 is 22.4 Å². The Hall–Kier alpha value is -1.61. The summed E-state index contributed by atoms with van der Waals surface area (Å²) in [6, 6.07) is 10.0. The van der Waals surface area contributed by atoms with Gasteiger partial charge in [-0.2, -0.15) is 0 Å². The van der Waals surface area contributed by atoms with Crippen molar-refractivity contribution in [1.29, 1.82) is 0 Å². The van der Waals surface area contributed by atoms with E-state index in [9.17, 15) is 0 Å². The maximum atomic E-state index is 6.07. The van der Waals surface area contributed by atoms with E-state index in [1.165, 1.54) is 19.3 Å². The first-order chi connectivity index (χ1) is 11.8. The van der Waals surface area contributed by atoms with Crippen molar-refractivity contribution in [3.8, 4) is 17.2 Å². The Kier molecular flexibility index (Phi) is 8.03. The van der Waals surface area contributed by atoms with E-state index in [0.717, 1.165) is 35.1 Å². The lowest BCUT2D eigenvalue weighted by Gasteiger charge is -2.17. The second kappa shape index (κ2) is 10.3. The number of benzene rings is 2. The van der Waals surface area contributed by atoms with Crippen molar-refractivity contribution in [3.63, 3.8) is 0 Å². The van der Waals surface area contributed by atoms with Crippen molar-refractivity contribution in [1.82, 2.24) is 0 Å². The highest BCUT2D eigenvalue weighted by atomic mass is 35.5. The summed E-state index contributed by atoms with van der Waals surface area (Å²) in [6.07, 6.45) is 5.53. The van der Waals surface area contributed by atoms with E-state index in [0.29, 0.717) is 24.8 Å². The van der Waals surface area contributed by atoms with Crippen LogP contribution >= 0.6 is 11.6 Å². The first-order valence-electron chi connectivity index (χ1n) is 8.73. The highest BCUT2D eigenvalue weighted by Gasteiger charge is 2.15. The molecule has 0 aliphatic rings. The third-order valence-corrected chi connectivity index (χ3v) is 4.19. The average molecular weight is 351 g/mol. The topological polar surface area (TPSA) is 27.7 Å².